The van der Waals surface area contributed by atoms with Crippen LogP contribution in [-0.2, 0) is 11.2 Å². The van der Waals surface area contributed by atoms with Gasteiger partial charge in [0.1, 0.15) is 11.4 Å². The summed E-state index contributed by atoms with van der Waals surface area (Å²) in [5.41, 5.74) is 2.65. The van der Waals surface area contributed by atoms with Crippen LogP contribution >= 0.6 is 11.3 Å². The van der Waals surface area contributed by atoms with Crippen LogP contribution in [0.4, 0.5) is 5.13 Å². The Labute approximate surface area is 208 Å². The number of methoxy groups -OCH3 is 1. The monoisotopic (exact) mass is 488 g/mol. The summed E-state index contributed by atoms with van der Waals surface area (Å²) < 4.78 is 7.13. The van der Waals surface area contributed by atoms with Gasteiger partial charge >= 0.3 is 0 Å². The fraction of sp³-hybridized carbons (Fsp3) is 0.333. The van der Waals surface area contributed by atoms with Crippen LogP contribution < -0.4 is 9.64 Å². The maximum absolute atomic E-state index is 13.9. The molecule has 1 aromatic carbocycles. The second kappa shape index (κ2) is 10.00. The number of benzene rings is 1. The summed E-state index contributed by atoms with van der Waals surface area (Å²) in [6, 6.07) is 11.0. The summed E-state index contributed by atoms with van der Waals surface area (Å²) in [6.07, 6.45) is 8.94. The van der Waals surface area contributed by atoms with Crippen LogP contribution in [0.25, 0.3) is 10.9 Å². The van der Waals surface area contributed by atoms with E-state index in [4.69, 9.17) is 4.74 Å². The lowest BCUT2D eigenvalue weighted by Gasteiger charge is -2.32. The molecule has 4 aromatic rings. The van der Waals surface area contributed by atoms with Crippen molar-refractivity contribution >= 4 is 39.2 Å². The van der Waals surface area contributed by atoms with Gasteiger partial charge in [0.2, 0.25) is 5.91 Å². The van der Waals surface area contributed by atoms with E-state index in [1.165, 1.54) is 17.8 Å². The van der Waals surface area contributed by atoms with Crippen molar-refractivity contribution in [1.82, 2.24) is 14.5 Å². The minimum absolute atomic E-state index is 0.00195. The van der Waals surface area contributed by atoms with Gasteiger partial charge in [-0.2, -0.15) is 0 Å². The number of hydrogen-bond acceptors (Lipinski definition) is 6. The number of anilines is 1. The number of hydrogen-bond donors (Lipinski definition) is 0. The second-order valence-electron chi connectivity index (χ2n) is 8.85. The summed E-state index contributed by atoms with van der Waals surface area (Å²) in [5.74, 6) is 0.459. The summed E-state index contributed by atoms with van der Waals surface area (Å²) in [6.45, 7) is 1.89. The maximum Gasteiger partial charge on any atom is 0.281 e. The van der Waals surface area contributed by atoms with Crippen LogP contribution in [0.3, 0.4) is 0 Å². The fourth-order valence-electron chi connectivity index (χ4n) is 5.06. The number of thiazole rings is 1. The number of fused-ring (bicyclic) bond motifs is 1. The predicted molar refractivity (Wildman–Crippen MR) is 137 cm³/mol. The topological polar surface area (TPSA) is 77.3 Å². The molecule has 3 aromatic heterocycles. The number of nitrogens with zero attached hydrogens (tertiary/aromatic N) is 4. The van der Waals surface area contributed by atoms with E-state index in [0.717, 1.165) is 53.0 Å². The van der Waals surface area contributed by atoms with E-state index in [-0.39, 0.29) is 24.3 Å². The molecule has 0 saturated heterocycles. The van der Waals surface area contributed by atoms with E-state index < -0.39 is 0 Å². The molecular weight excluding hydrogens is 460 g/mol. The van der Waals surface area contributed by atoms with E-state index in [1.54, 1.807) is 42.3 Å². The zero-order valence-electron chi connectivity index (χ0n) is 19.9. The molecule has 0 aliphatic heterocycles. The van der Waals surface area contributed by atoms with Gasteiger partial charge < -0.3 is 4.74 Å². The maximum atomic E-state index is 13.9. The van der Waals surface area contributed by atoms with Crippen molar-refractivity contribution in [1.29, 1.82) is 0 Å². The molecule has 0 unspecified atom stereocenters. The van der Waals surface area contributed by atoms with Gasteiger partial charge in [0, 0.05) is 34.9 Å². The van der Waals surface area contributed by atoms with Crippen LogP contribution in [-0.4, -0.2) is 39.5 Å². The number of aromatic nitrogens is 3. The number of carbonyl (C=O) groups is 2. The Balaban J connectivity index is 1.58. The van der Waals surface area contributed by atoms with Gasteiger partial charge in [0.05, 0.1) is 19.0 Å². The fourth-order valence-corrected chi connectivity index (χ4v) is 5.78. The Morgan fingerprint density at radius 3 is 2.63 bits per heavy atom. The molecule has 0 radical (unpaired) electrons. The van der Waals surface area contributed by atoms with Gasteiger partial charge in [-0.25, -0.2) is 4.98 Å². The summed E-state index contributed by atoms with van der Waals surface area (Å²) in [7, 11) is 1.61. The molecule has 1 fully saturated rings. The van der Waals surface area contributed by atoms with Crippen molar-refractivity contribution in [3.05, 3.63) is 71.1 Å². The Morgan fingerprint density at radius 2 is 1.94 bits per heavy atom. The molecular formula is C27H28N4O3S. The van der Waals surface area contributed by atoms with Crippen LogP contribution in [0.15, 0.2) is 54.2 Å². The Kier molecular flexibility index (Phi) is 6.63. The molecule has 3 heterocycles. The molecule has 1 amide bonds. The highest BCUT2D eigenvalue weighted by Gasteiger charge is 2.30. The number of pyridine rings is 1. The van der Waals surface area contributed by atoms with E-state index >= 15 is 0 Å². The molecule has 8 heteroatoms. The van der Waals surface area contributed by atoms with Crippen LogP contribution in [0.2, 0.25) is 0 Å². The van der Waals surface area contributed by atoms with Crippen molar-refractivity contribution in [2.24, 2.45) is 0 Å². The Bertz CT molecular complexity index is 1340. The summed E-state index contributed by atoms with van der Waals surface area (Å²) in [5, 5.41) is 3.49. The van der Waals surface area contributed by atoms with Gasteiger partial charge in [0.25, 0.3) is 5.91 Å². The van der Waals surface area contributed by atoms with Gasteiger partial charge in [-0.1, -0.05) is 25.3 Å². The van der Waals surface area contributed by atoms with Crippen molar-refractivity contribution in [3.63, 3.8) is 0 Å². The lowest BCUT2D eigenvalue weighted by atomic mass is 9.94. The van der Waals surface area contributed by atoms with Crippen molar-refractivity contribution < 1.29 is 14.3 Å². The van der Waals surface area contributed by atoms with Crippen LogP contribution in [0.1, 0.15) is 53.8 Å². The molecule has 5 rings (SSSR count). The third-order valence-electron chi connectivity index (χ3n) is 6.79. The van der Waals surface area contributed by atoms with E-state index in [1.807, 2.05) is 35.4 Å². The van der Waals surface area contributed by atoms with Crippen molar-refractivity contribution in [2.75, 3.05) is 12.0 Å². The first-order valence-corrected chi connectivity index (χ1v) is 12.8. The Morgan fingerprint density at radius 1 is 1.11 bits per heavy atom. The van der Waals surface area contributed by atoms with E-state index in [9.17, 15) is 9.59 Å². The molecule has 0 atom stereocenters. The molecule has 1 aliphatic rings. The molecule has 35 heavy (non-hydrogen) atoms. The Hall–Kier alpha value is -3.52. The minimum Gasteiger partial charge on any atom is -0.497 e. The highest BCUT2D eigenvalue weighted by molar-refractivity contribution is 7.13. The van der Waals surface area contributed by atoms with Gasteiger partial charge in [0.15, 0.2) is 5.13 Å². The summed E-state index contributed by atoms with van der Waals surface area (Å²) in [4.78, 5) is 38.0. The number of ether oxygens (including phenoxy) is 1. The van der Waals surface area contributed by atoms with Crippen molar-refractivity contribution in [3.8, 4) is 5.75 Å². The normalized spacial score (nSPS) is 14.2. The first kappa shape index (κ1) is 23.2. The molecule has 7 nitrogen and oxygen atoms in total. The SMILES string of the molecule is COc1ccc2c(c1)c(CC(=O)N(c1nccs1)C1CCCCC1)c(C)n2C(=O)c1ccccn1. The van der Waals surface area contributed by atoms with Crippen molar-refractivity contribution in [2.45, 2.75) is 51.5 Å². The lowest BCUT2D eigenvalue weighted by Crippen LogP contribution is -2.42. The van der Waals surface area contributed by atoms with E-state index in [0.29, 0.717) is 11.4 Å². The third-order valence-corrected chi connectivity index (χ3v) is 7.56. The number of carbonyl (C=O) groups excluding carboxylic acids is 2. The lowest BCUT2D eigenvalue weighted by molar-refractivity contribution is -0.118. The average molecular weight is 489 g/mol. The van der Waals surface area contributed by atoms with Crippen LogP contribution in [0, 0.1) is 6.92 Å². The highest BCUT2D eigenvalue weighted by atomic mass is 32.1. The zero-order chi connectivity index (χ0) is 24.4. The molecule has 180 valence electrons. The smallest absolute Gasteiger partial charge is 0.281 e. The van der Waals surface area contributed by atoms with Gasteiger partial charge in [-0.3, -0.25) is 24.0 Å². The number of rotatable bonds is 6. The largest absolute Gasteiger partial charge is 0.497 e. The second-order valence-corrected chi connectivity index (χ2v) is 9.72. The van der Waals surface area contributed by atoms with Gasteiger partial charge in [-0.15, -0.1) is 11.3 Å². The molecule has 0 bridgehead atoms. The van der Waals surface area contributed by atoms with Crippen LogP contribution in [0.5, 0.6) is 5.75 Å². The average Bonchev–Trinajstić information content (AvgIpc) is 3.51. The predicted octanol–water partition coefficient (Wildman–Crippen LogP) is 5.41. The molecule has 1 aliphatic carbocycles. The quantitative estimate of drug-likeness (QED) is 0.363. The first-order chi connectivity index (χ1) is 17.1. The zero-order valence-corrected chi connectivity index (χ0v) is 20.8. The van der Waals surface area contributed by atoms with E-state index in [2.05, 4.69) is 9.97 Å². The number of amides is 1. The standard InChI is InChI=1S/C27H28N4O3S/c1-18-21(17-25(32)31(27-29-14-15-35-27)19-8-4-3-5-9-19)22-16-20(34-2)11-12-24(22)30(18)26(33)23-10-6-7-13-28-23/h6-7,10-16,19H,3-5,8-9,17H2,1-2H3. The first-order valence-electron chi connectivity index (χ1n) is 11.9. The molecule has 0 N–H and O–H groups in total. The minimum atomic E-state index is -0.221. The summed E-state index contributed by atoms with van der Waals surface area (Å²) >= 11 is 1.49. The highest BCUT2D eigenvalue weighted by Crippen LogP contribution is 2.33. The van der Waals surface area contributed by atoms with Gasteiger partial charge in [-0.05, 0) is 55.7 Å². The molecule has 0 spiro atoms. The third kappa shape index (κ3) is 4.46. The molecule has 1 saturated carbocycles.